The van der Waals surface area contributed by atoms with Crippen molar-refractivity contribution in [1.82, 2.24) is 0 Å². The number of fused-ring (bicyclic) bond motifs is 1. The molecule has 2 fully saturated rings. The van der Waals surface area contributed by atoms with E-state index in [1.807, 2.05) is 0 Å². The first-order valence-electron chi connectivity index (χ1n) is 14.9. The standard InChI is InChI=1S/C29H27F17O8/c1-12(47)51-18-17-16(53-21(49-3)19(18)52-13(2)48)11-50-20(54-17)15-8-6-14(7-9-15)5-4-10-22(30,31)23(32,33)24(34,35)25(36,37)26(38,39)27(40,41)28(42,43)29(44,45)46/h6-9,16-21H,4-5,10-11H2,1-3H3/t16-,17-,18+,19-,20?,21+/m1/s1. The summed E-state index contributed by atoms with van der Waals surface area (Å²) in [6.45, 7) is 1.83. The Morgan fingerprint density at radius 1 is 0.667 bits per heavy atom. The lowest BCUT2D eigenvalue weighted by Gasteiger charge is -2.47. The highest BCUT2D eigenvalue weighted by Gasteiger charge is 2.95. The number of alkyl halides is 17. The minimum Gasteiger partial charge on any atom is -0.455 e. The van der Waals surface area contributed by atoms with Gasteiger partial charge in [0.2, 0.25) is 0 Å². The number of carbonyl (C=O) groups is 2. The molecule has 0 amide bonds. The van der Waals surface area contributed by atoms with E-state index in [4.69, 9.17) is 28.4 Å². The number of hydrogen-bond acceptors (Lipinski definition) is 8. The molecule has 2 heterocycles. The largest absolute Gasteiger partial charge is 0.460 e. The zero-order valence-corrected chi connectivity index (χ0v) is 27.3. The van der Waals surface area contributed by atoms with Crippen LogP contribution in [-0.4, -0.2) is 104 Å². The number of esters is 2. The molecule has 1 aromatic carbocycles. The van der Waals surface area contributed by atoms with Gasteiger partial charge in [0.1, 0.15) is 12.2 Å². The number of aryl methyl sites for hydroxylation is 1. The zero-order chi connectivity index (χ0) is 41.7. The quantitative estimate of drug-likeness (QED) is 0.140. The normalized spacial score (nSPS) is 25.2. The maximum absolute atomic E-state index is 14.3. The van der Waals surface area contributed by atoms with Crippen LogP contribution in [0.3, 0.4) is 0 Å². The molecule has 0 N–H and O–H groups in total. The Labute approximate surface area is 292 Å². The van der Waals surface area contributed by atoms with Gasteiger partial charge in [-0.15, -0.1) is 0 Å². The van der Waals surface area contributed by atoms with E-state index in [0.717, 1.165) is 26.0 Å². The fraction of sp³-hybridized carbons (Fsp3) is 0.724. The van der Waals surface area contributed by atoms with Gasteiger partial charge in [0.25, 0.3) is 0 Å². The second-order valence-corrected chi connectivity index (χ2v) is 11.9. The van der Waals surface area contributed by atoms with Crippen LogP contribution in [0.15, 0.2) is 24.3 Å². The van der Waals surface area contributed by atoms with Gasteiger partial charge in [-0.05, 0) is 18.4 Å². The van der Waals surface area contributed by atoms with Crippen molar-refractivity contribution in [3.8, 4) is 0 Å². The van der Waals surface area contributed by atoms with Crippen molar-refractivity contribution in [3.05, 3.63) is 35.4 Å². The third-order valence-electron chi connectivity index (χ3n) is 8.12. The summed E-state index contributed by atoms with van der Waals surface area (Å²) < 4.78 is 263. The maximum Gasteiger partial charge on any atom is 0.460 e. The van der Waals surface area contributed by atoms with Gasteiger partial charge in [0.15, 0.2) is 24.8 Å². The highest BCUT2D eigenvalue weighted by molar-refractivity contribution is 5.67. The Balaban J connectivity index is 1.74. The van der Waals surface area contributed by atoms with E-state index in [1.54, 1.807) is 0 Å². The van der Waals surface area contributed by atoms with E-state index >= 15 is 0 Å². The number of halogens is 17. The van der Waals surface area contributed by atoms with Crippen molar-refractivity contribution in [3.63, 3.8) is 0 Å². The molecule has 0 radical (unpaired) electrons. The molecule has 0 bridgehead atoms. The Kier molecular flexibility index (Phi) is 12.6. The van der Waals surface area contributed by atoms with E-state index in [9.17, 15) is 84.2 Å². The second kappa shape index (κ2) is 15.0. The van der Waals surface area contributed by atoms with Crippen molar-refractivity contribution < 1.29 is 113 Å². The first kappa shape index (κ1) is 45.2. The fourth-order valence-electron chi connectivity index (χ4n) is 5.26. The van der Waals surface area contributed by atoms with Crippen LogP contribution in [-0.2, 0) is 44.4 Å². The predicted octanol–water partition coefficient (Wildman–Crippen LogP) is 7.67. The Morgan fingerprint density at radius 3 is 1.59 bits per heavy atom. The Bertz CT molecular complexity index is 1490. The second-order valence-electron chi connectivity index (χ2n) is 11.9. The molecule has 0 spiro atoms. The summed E-state index contributed by atoms with van der Waals surface area (Å²) in [4.78, 5) is 23.5. The highest BCUT2D eigenvalue weighted by atomic mass is 19.4. The molecule has 8 nitrogen and oxygen atoms in total. The Morgan fingerprint density at radius 2 is 1.13 bits per heavy atom. The lowest BCUT2D eigenvalue weighted by atomic mass is 9.87. The van der Waals surface area contributed by atoms with Crippen molar-refractivity contribution in [1.29, 1.82) is 0 Å². The van der Waals surface area contributed by atoms with Crippen LogP contribution in [0.5, 0.6) is 0 Å². The van der Waals surface area contributed by atoms with Crippen LogP contribution < -0.4 is 0 Å². The summed E-state index contributed by atoms with van der Waals surface area (Å²) in [7, 11) is 1.20. The Hall–Kier alpha value is -3.19. The fourth-order valence-corrected chi connectivity index (χ4v) is 5.26. The average Bonchev–Trinajstić information content (AvgIpc) is 3.04. The monoisotopic (exact) mass is 826 g/mol. The maximum atomic E-state index is 14.3. The van der Waals surface area contributed by atoms with Crippen LogP contribution in [0.4, 0.5) is 74.6 Å². The molecule has 0 aromatic heterocycles. The molecule has 2 saturated heterocycles. The topological polar surface area (TPSA) is 89.5 Å². The van der Waals surface area contributed by atoms with Crippen LogP contribution in [0.25, 0.3) is 0 Å². The van der Waals surface area contributed by atoms with Gasteiger partial charge < -0.3 is 28.4 Å². The smallest absolute Gasteiger partial charge is 0.455 e. The van der Waals surface area contributed by atoms with E-state index < -0.39 is 116 Å². The molecule has 2 aliphatic rings. The number of methoxy groups -OCH3 is 1. The van der Waals surface area contributed by atoms with Crippen molar-refractivity contribution >= 4 is 11.9 Å². The zero-order valence-electron chi connectivity index (χ0n) is 27.3. The molecule has 2 aliphatic heterocycles. The summed E-state index contributed by atoms with van der Waals surface area (Å²) in [6.07, 6.45) is -19.8. The van der Waals surface area contributed by atoms with E-state index in [-0.39, 0.29) is 17.7 Å². The van der Waals surface area contributed by atoms with Crippen molar-refractivity contribution in [2.45, 2.75) is 118 Å². The molecule has 6 atom stereocenters. The lowest BCUT2D eigenvalue weighted by molar-refractivity contribution is -0.461. The van der Waals surface area contributed by atoms with E-state index in [2.05, 4.69) is 0 Å². The molecular weight excluding hydrogens is 799 g/mol. The first-order chi connectivity index (χ1) is 24.3. The SMILES string of the molecule is CO[C@H]1O[C@@H]2COC(c3ccc(CCCC(F)(F)C(F)(F)C(F)(F)C(F)(F)C(F)(F)C(F)(F)C(F)(F)C(F)(F)F)cc3)O[C@H]2[C@H](OC(C)=O)[C@H]1OC(C)=O. The van der Waals surface area contributed by atoms with Gasteiger partial charge in [0, 0.05) is 32.9 Å². The molecule has 0 saturated carbocycles. The third-order valence-corrected chi connectivity index (χ3v) is 8.12. The highest BCUT2D eigenvalue weighted by Crippen LogP contribution is 2.64. The number of ether oxygens (including phenoxy) is 6. The summed E-state index contributed by atoms with van der Waals surface area (Å²) in [5.74, 6) is -58.3. The number of carbonyl (C=O) groups excluding carboxylic acids is 2. The van der Waals surface area contributed by atoms with Gasteiger partial charge in [-0.2, -0.15) is 74.6 Å². The summed E-state index contributed by atoms with van der Waals surface area (Å²) in [6, 6.07) is 4.57. The molecule has 1 aromatic rings. The van der Waals surface area contributed by atoms with Gasteiger partial charge in [-0.25, -0.2) is 0 Å². The summed E-state index contributed by atoms with van der Waals surface area (Å²) in [5, 5.41) is 0. The molecule has 25 heteroatoms. The number of benzene rings is 1. The van der Waals surface area contributed by atoms with Crippen LogP contribution in [0.2, 0.25) is 0 Å². The summed E-state index contributed by atoms with van der Waals surface area (Å²) >= 11 is 0. The molecule has 0 aliphatic carbocycles. The molecule has 310 valence electrons. The van der Waals surface area contributed by atoms with E-state index in [1.165, 1.54) is 19.2 Å². The van der Waals surface area contributed by atoms with Crippen LogP contribution in [0.1, 0.15) is 44.1 Å². The summed E-state index contributed by atoms with van der Waals surface area (Å²) in [5.41, 5.74) is 0.0742. The molecular formula is C29H27F17O8. The van der Waals surface area contributed by atoms with Gasteiger partial charge >= 0.3 is 59.6 Å². The van der Waals surface area contributed by atoms with Crippen molar-refractivity contribution in [2.75, 3.05) is 13.7 Å². The third kappa shape index (κ3) is 7.77. The molecule has 54 heavy (non-hydrogen) atoms. The number of hydrogen-bond donors (Lipinski definition) is 0. The predicted molar refractivity (Wildman–Crippen MR) is 140 cm³/mol. The number of rotatable bonds is 14. The lowest BCUT2D eigenvalue weighted by Crippen LogP contribution is -2.74. The minimum absolute atomic E-state index is 0.0687. The average molecular weight is 826 g/mol. The minimum atomic E-state index is -8.68. The van der Waals surface area contributed by atoms with Gasteiger partial charge in [-0.3, -0.25) is 9.59 Å². The van der Waals surface area contributed by atoms with Crippen LogP contribution >= 0.6 is 0 Å². The van der Waals surface area contributed by atoms with Crippen molar-refractivity contribution in [2.24, 2.45) is 0 Å². The van der Waals surface area contributed by atoms with E-state index in [0.29, 0.717) is 0 Å². The molecule has 1 unspecified atom stereocenters. The molecule has 3 rings (SSSR count). The first-order valence-corrected chi connectivity index (χ1v) is 14.9. The van der Waals surface area contributed by atoms with Crippen LogP contribution in [0, 0.1) is 0 Å². The van der Waals surface area contributed by atoms with Gasteiger partial charge in [-0.1, -0.05) is 24.3 Å². The van der Waals surface area contributed by atoms with Gasteiger partial charge in [0.05, 0.1) is 6.61 Å².